The van der Waals surface area contributed by atoms with Crippen molar-refractivity contribution in [3.8, 4) is 0 Å². The summed E-state index contributed by atoms with van der Waals surface area (Å²) in [4.78, 5) is 25.1. The first-order valence-corrected chi connectivity index (χ1v) is 26.1. The van der Waals surface area contributed by atoms with E-state index in [4.69, 9.17) is 18.5 Å². The molecule has 0 saturated carbocycles. The molecule has 2 atom stereocenters. The van der Waals surface area contributed by atoms with Crippen molar-refractivity contribution in [1.29, 1.82) is 0 Å². The number of ether oxygens (including phenoxy) is 2. The van der Waals surface area contributed by atoms with E-state index in [9.17, 15) is 14.3 Å². The van der Waals surface area contributed by atoms with Crippen LogP contribution in [-0.2, 0) is 27.9 Å². The molecule has 2 unspecified atom stereocenters. The molecule has 61 heavy (non-hydrogen) atoms. The Morgan fingerprint density at radius 3 is 1.44 bits per heavy atom. The standard InChI is InChI=1S/C52H94NO7P/c1-6-8-10-12-14-16-18-20-22-24-25-26-27-28-30-32-34-36-38-40-42-44-47-57-49-51(50-59-61(55,56)58-48-46-53(3,4)5)60-52(54)45-43-41-39-37-35-33-31-29-23-21-19-17-15-13-11-9-7-2/h9,11,15,17,21,23-25,31,33,37,39,51H,6-8,10,12-14,16,18-20,22,26-30,32,34-36,38,40-50H2,1-5H3/b11-9-,17-15-,23-21-,25-24-,33-31-,39-37-. The molecular formula is C52H94NO7P. The van der Waals surface area contributed by atoms with Crippen LogP contribution >= 0.6 is 7.82 Å². The Labute approximate surface area is 376 Å². The second kappa shape index (κ2) is 44.5. The number of hydrogen-bond acceptors (Lipinski definition) is 7. The predicted octanol–water partition coefficient (Wildman–Crippen LogP) is 14.4. The van der Waals surface area contributed by atoms with Crippen LogP contribution in [-0.4, -0.2) is 70.7 Å². The van der Waals surface area contributed by atoms with E-state index < -0.39 is 19.9 Å². The molecule has 0 radical (unpaired) electrons. The zero-order valence-corrected chi connectivity index (χ0v) is 41.0. The van der Waals surface area contributed by atoms with Gasteiger partial charge in [-0.15, -0.1) is 0 Å². The van der Waals surface area contributed by atoms with Gasteiger partial charge in [-0.3, -0.25) is 9.36 Å². The van der Waals surface area contributed by atoms with Crippen LogP contribution in [0.3, 0.4) is 0 Å². The Morgan fingerprint density at radius 1 is 0.525 bits per heavy atom. The molecule has 0 fully saturated rings. The molecule has 0 spiro atoms. The average Bonchev–Trinajstić information content (AvgIpc) is 3.22. The molecular weight excluding hydrogens is 782 g/mol. The van der Waals surface area contributed by atoms with E-state index in [1.54, 1.807) is 0 Å². The molecule has 0 aliphatic carbocycles. The van der Waals surface area contributed by atoms with Gasteiger partial charge in [-0.25, -0.2) is 0 Å². The Balaban J connectivity index is 4.23. The smallest absolute Gasteiger partial charge is 0.306 e. The molecule has 0 saturated heterocycles. The Hall–Kier alpha value is -2.06. The quantitative estimate of drug-likeness (QED) is 0.0198. The van der Waals surface area contributed by atoms with Gasteiger partial charge in [-0.2, -0.15) is 0 Å². The number of esters is 1. The van der Waals surface area contributed by atoms with E-state index in [1.807, 2.05) is 21.1 Å². The summed E-state index contributed by atoms with van der Waals surface area (Å²) in [6.45, 7) is 5.22. The molecule has 0 aromatic carbocycles. The third-order valence-electron chi connectivity index (χ3n) is 10.2. The highest BCUT2D eigenvalue weighted by molar-refractivity contribution is 7.45. The van der Waals surface area contributed by atoms with Gasteiger partial charge in [0.2, 0.25) is 0 Å². The van der Waals surface area contributed by atoms with Crippen molar-refractivity contribution in [2.24, 2.45) is 0 Å². The van der Waals surface area contributed by atoms with Crippen molar-refractivity contribution in [2.75, 3.05) is 54.1 Å². The largest absolute Gasteiger partial charge is 0.756 e. The topological polar surface area (TPSA) is 94.1 Å². The maximum Gasteiger partial charge on any atom is 0.306 e. The predicted molar refractivity (Wildman–Crippen MR) is 259 cm³/mol. The number of phosphoric ester groups is 1. The molecule has 0 aromatic heterocycles. The van der Waals surface area contributed by atoms with Crippen LogP contribution in [0.15, 0.2) is 72.9 Å². The summed E-state index contributed by atoms with van der Waals surface area (Å²) < 4.78 is 34.6. The van der Waals surface area contributed by atoms with E-state index in [0.717, 1.165) is 51.4 Å². The van der Waals surface area contributed by atoms with Crippen LogP contribution in [0.1, 0.15) is 194 Å². The molecule has 0 rings (SSSR count). The Morgan fingerprint density at radius 2 is 0.951 bits per heavy atom. The van der Waals surface area contributed by atoms with Crippen molar-refractivity contribution in [3.63, 3.8) is 0 Å². The summed E-state index contributed by atoms with van der Waals surface area (Å²) in [5.74, 6) is -0.391. The lowest BCUT2D eigenvalue weighted by Gasteiger charge is -2.28. The van der Waals surface area contributed by atoms with Gasteiger partial charge in [0.05, 0.1) is 34.4 Å². The molecule has 0 aliphatic heterocycles. The summed E-state index contributed by atoms with van der Waals surface area (Å²) >= 11 is 0. The number of quaternary nitrogens is 1. The van der Waals surface area contributed by atoms with Crippen molar-refractivity contribution >= 4 is 13.8 Å². The molecule has 0 bridgehead atoms. The zero-order chi connectivity index (χ0) is 44.8. The maximum absolute atomic E-state index is 12.7. The molecule has 0 aliphatic rings. The summed E-state index contributed by atoms with van der Waals surface area (Å²) in [5, 5.41) is 0. The Bertz CT molecular complexity index is 1200. The first-order chi connectivity index (χ1) is 29.6. The van der Waals surface area contributed by atoms with Crippen molar-refractivity contribution < 1.29 is 37.3 Å². The van der Waals surface area contributed by atoms with Gasteiger partial charge in [0.25, 0.3) is 7.82 Å². The summed E-state index contributed by atoms with van der Waals surface area (Å²) in [6.07, 6.45) is 57.9. The number of allylic oxidation sites excluding steroid dienone is 12. The van der Waals surface area contributed by atoms with Crippen LogP contribution in [0.4, 0.5) is 0 Å². The van der Waals surface area contributed by atoms with Gasteiger partial charge in [0.15, 0.2) is 0 Å². The number of unbranched alkanes of at least 4 members (excludes halogenated alkanes) is 19. The number of carbonyl (C=O) groups is 1. The van der Waals surface area contributed by atoms with Gasteiger partial charge in [-0.05, 0) is 77.0 Å². The van der Waals surface area contributed by atoms with Crippen LogP contribution < -0.4 is 4.89 Å². The molecule has 354 valence electrons. The maximum atomic E-state index is 12.7. The van der Waals surface area contributed by atoms with E-state index in [2.05, 4.69) is 86.8 Å². The number of hydrogen-bond donors (Lipinski definition) is 0. The van der Waals surface area contributed by atoms with Gasteiger partial charge < -0.3 is 27.9 Å². The number of rotatable bonds is 45. The first-order valence-electron chi connectivity index (χ1n) is 24.7. The fourth-order valence-corrected chi connectivity index (χ4v) is 7.19. The van der Waals surface area contributed by atoms with Crippen LogP contribution in [0.2, 0.25) is 0 Å². The van der Waals surface area contributed by atoms with Gasteiger partial charge in [0.1, 0.15) is 19.3 Å². The van der Waals surface area contributed by atoms with E-state index in [0.29, 0.717) is 24.1 Å². The van der Waals surface area contributed by atoms with E-state index in [1.165, 1.54) is 116 Å². The van der Waals surface area contributed by atoms with Crippen LogP contribution in [0, 0.1) is 0 Å². The lowest BCUT2D eigenvalue weighted by molar-refractivity contribution is -0.870. The third kappa shape index (κ3) is 48.8. The van der Waals surface area contributed by atoms with E-state index >= 15 is 0 Å². The SMILES string of the molecule is CC/C=C\C/C=C\C/C=C\C/C=C\C/C=C\CCCC(=O)OC(COCCCCCCCCCCCC/C=C\CCCCCCCCCC)COP(=O)([O-])OCC[N+](C)(C)C. The fraction of sp³-hybridized carbons (Fsp3) is 0.750. The summed E-state index contributed by atoms with van der Waals surface area (Å²) in [7, 11) is 1.31. The molecule has 9 heteroatoms. The Kier molecular flexibility index (Phi) is 43.0. The summed E-state index contributed by atoms with van der Waals surface area (Å²) in [6, 6.07) is 0. The normalized spacial score (nSPS) is 14.3. The second-order valence-electron chi connectivity index (χ2n) is 17.4. The van der Waals surface area contributed by atoms with Crippen molar-refractivity contribution in [3.05, 3.63) is 72.9 Å². The fourth-order valence-electron chi connectivity index (χ4n) is 6.46. The number of nitrogens with zero attached hydrogens (tertiary/aromatic N) is 1. The molecule has 0 heterocycles. The zero-order valence-electron chi connectivity index (χ0n) is 40.1. The van der Waals surface area contributed by atoms with Crippen molar-refractivity contribution in [2.45, 2.75) is 200 Å². The highest BCUT2D eigenvalue weighted by Crippen LogP contribution is 2.38. The minimum absolute atomic E-state index is 0.0123. The first kappa shape index (κ1) is 58.9. The molecule has 8 nitrogen and oxygen atoms in total. The minimum Gasteiger partial charge on any atom is -0.756 e. The number of carbonyl (C=O) groups excluding carboxylic acids is 1. The average molecular weight is 876 g/mol. The lowest BCUT2D eigenvalue weighted by atomic mass is 10.1. The van der Waals surface area contributed by atoms with Crippen molar-refractivity contribution in [1.82, 2.24) is 0 Å². The minimum atomic E-state index is -4.55. The molecule has 0 aromatic rings. The monoisotopic (exact) mass is 876 g/mol. The van der Waals surface area contributed by atoms with Gasteiger partial charge >= 0.3 is 5.97 Å². The molecule has 0 amide bonds. The summed E-state index contributed by atoms with van der Waals surface area (Å²) in [5.41, 5.74) is 0. The van der Waals surface area contributed by atoms with Gasteiger partial charge in [-0.1, -0.05) is 183 Å². The van der Waals surface area contributed by atoms with E-state index in [-0.39, 0.29) is 26.2 Å². The third-order valence-corrected chi connectivity index (χ3v) is 11.2. The highest BCUT2D eigenvalue weighted by Gasteiger charge is 2.20. The van der Waals surface area contributed by atoms with Crippen LogP contribution in [0.25, 0.3) is 0 Å². The van der Waals surface area contributed by atoms with Crippen LogP contribution in [0.5, 0.6) is 0 Å². The number of phosphoric acid groups is 1. The highest BCUT2D eigenvalue weighted by atomic mass is 31.2. The lowest BCUT2D eigenvalue weighted by Crippen LogP contribution is -2.37. The van der Waals surface area contributed by atoms with Gasteiger partial charge in [0, 0.05) is 13.0 Å². The molecule has 0 N–H and O–H groups in total. The number of likely N-dealkylation sites (N-methyl/N-ethyl adjacent to an activating group) is 1. The second-order valence-corrected chi connectivity index (χ2v) is 18.8.